The number of thioether (sulfide) groups is 1. The Morgan fingerprint density at radius 3 is 2.76 bits per heavy atom. The zero-order valence-electron chi connectivity index (χ0n) is 12.5. The van der Waals surface area contributed by atoms with Gasteiger partial charge in [-0.25, -0.2) is 4.98 Å². The van der Waals surface area contributed by atoms with Crippen molar-refractivity contribution < 1.29 is 0 Å². The summed E-state index contributed by atoms with van der Waals surface area (Å²) in [5.41, 5.74) is 7.47. The second-order valence-corrected chi connectivity index (χ2v) is 7.10. The molecule has 4 heteroatoms. The molecule has 3 atom stereocenters. The third-order valence-electron chi connectivity index (χ3n) is 4.54. The van der Waals surface area contributed by atoms with Crippen molar-refractivity contribution >= 4 is 11.8 Å². The van der Waals surface area contributed by atoms with Crippen LogP contribution >= 0.6 is 11.8 Å². The van der Waals surface area contributed by atoms with E-state index in [9.17, 15) is 0 Å². The van der Waals surface area contributed by atoms with Crippen LogP contribution in [0.1, 0.15) is 30.7 Å². The molecule has 3 unspecified atom stereocenters. The SMILES string of the molecule is Cn1ccnc1SC1CC(c2ccccc2)CCC1CN. The van der Waals surface area contributed by atoms with Crippen LogP contribution in [0.25, 0.3) is 0 Å². The molecule has 0 spiro atoms. The predicted molar refractivity (Wildman–Crippen MR) is 88.4 cm³/mol. The summed E-state index contributed by atoms with van der Waals surface area (Å²) < 4.78 is 2.10. The number of aromatic nitrogens is 2. The van der Waals surface area contributed by atoms with E-state index in [1.807, 2.05) is 24.2 Å². The first kappa shape index (κ1) is 14.7. The second-order valence-electron chi connectivity index (χ2n) is 5.89. The lowest BCUT2D eigenvalue weighted by Gasteiger charge is -2.35. The van der Waals surface area contributed by atoms with Crippen molar-refractivity contribution in [3.8, 4) is 0 Å². The van der Waals surface area contributed by atoms with Gasteiger partial charge in [0.15, 0.2) is 5.16 Å². The monoisotopic (exact) mass is 301 g/mol. The summed E-state index contributed by atoms with van der Waals surface area (Å²) >= 11 is 1.90. The molecule has 21 heavy (non-hydrogen) atoms. The van der Waals surface area contributed by atoms with Gasteiger partial charge in [-0.2, -0.15) is 0 Å². The first-order valence-electron chi connectivity index (χ1n) is 7.67. The Morgan fingerprint density at radius 2 is 2.10 bits per heavy atom. The van der Waals surface area contributed by atoms with Gasteiger partial charge in [0.1, 0.15) is 0 Å². The molecule has 3 rings (SSSR count). The van der Waals surface area contributed by atoms with Crippen LogP contribution in [0.2, 0.25) is 0 Å². The summed E-state index contributed by atoms with van der Waals surface area (Å²) in [7, 11) is 2.06. The molecule has 0 amide bonds. The summed E-state index contributed by atoms with van der Waals surface area (Å²) in [6.45, 7) is 0.781. The molecular weight excluding hydrogens is 278 g/mol. The number of nitrogens with two attached hydrogens (primary N) is 1. The summed E-state index contributed by atoms with van der Waals surface area (Å²) in [5, 5.41) is 1.67. The quantitative estimate of drug-likeness (QED) is 0.941. The Bertz CT molecular complexity index is 566. The zero-order chi connectivity index (χ0) is 14.7. The maximum atomic E-state index is 6.00. The molecule has 112 valence electrons. The first-order chi connectivity index (χ1) is 10.3. The molecule has 0 bridgehead atoms. The van der Waals surface area contributed by atoms with Crippen molar-refractivity contribution in [2.75, 3.05) is 6.54 Å². The normalized spacial score (nSPS) is 25.9. The topological polar surface area (TPSA) is 43.8 Å². The molecular formula is C17H23N3S. The van der Waals surface area contributed by atoms with Gasteiger partial charge in [0.25, 0.3) is 0 Å². The van der Waals surface area contributed by atoms with Crippen molar-refractivity contribution in [1.82, 2.24) is 9.55 Å². The number of nitrogens with zero attached hydrogens (tertiary/aromatic N) is 2. The highest BCUT2D eigenvalue weighted by Crippen LogP contribution is 2.42. The zero-order valence-corrected chi connectivity index (χ0v) is 13.3. The lowest BCUT2D eigenvalue weighted by molar-refractivity contribution is 0.343. The molecule has 1 aromatic heterocycles. The van der Waals surface area contributed by atoms with Crippen LogP contribution in [0, 0.1) is 5.92 Å². The summed E-state index contributed by atoms with van der Waals surface area (Å²) in [6, 6.07) is 10.9. The van der Waals surface area contributed by atoms with Crippen LogP contribution in [0.4, 0.5) is 0 Å². The molecule has 1 aliphatic carbocycles. The van der Waals surface area contributed by atoms with E-state index >= 15 is 0 Å². The van der Waals surface area contributed by atoms with E-state index in [1.54, 1.807) is 0 Å². The van der Waals surface area contributed by atoms with Gasteiger partial charge in [-0.05, 0) is 43.2 Å². The minimum atomic E-state index is 0.565. The molecule has 1 saturated carbocycles. The summed E-state index contributed by atoms with van der Waals surface area (Å²) in [6.07, 6.45) is 7.56. The Hall–Kier alpha value is -1.26. The maximum Gasteiger partial charge on any atom is 0.167 e. The van der Waals surface area contributed by atoms with Crippen LogP contribution in [0.15, 0.2) is 47.9 Å². The molecule has 0 radical (unpaired) electrons. The fourth-order valence-corrected chi connectivity index (χ4v) is 4.62. The number of imidazole rings is 1. The average Bonchev–Trinajstić information content (AvgIpc) is 2.93. The molecule has 1 aromatic carbocycles. The number of hydrogen-bond donors (Lipinski definition) is 1. The highest BCUT2D eigenvalue weighted by molar-refractivity contribution is 7.99. The van der Waals surface area contributed by atoms with Gasteiger partial charge in [-0.1, -0.05) is 42.1 Å². The van der Waals surface area contributed by atoms with Crippen LogP contribution in [-0.2, 0) is 7.05 Å². The third kappa shape index (κ3) is 3.33. The lowest BCUT2D eigenvalue weighted by atomic mass is 9.78. The van der Waals surface area contributed by atoms with Crippen molar-refractivity contribution in [3.63, 3.8) is 0 Å². The minimum Gasteiger partial charge on any atom is -0.330 e. The Morgan fingerprint density at radius 1 is 1.29 bits per heavy atom. The highest BCUT2D eigenvalue weighted by Gasteiger charge is 2.31. The standard InChI is InChI=1S/C17H23N3S/c1-20-10-9-19-17(20)21-16-11-14(7-8-15(16)12-18)13-5-3-2-4-6-13/h2-6,9-10,14-16H,7-8,11-12,18H2,1H3. The van der Waals surface area contributed by atoms with Crippen molar-refractivity contribution in [2.24, 2.45) is 18.7 Å². The van der Waals surface area contributed by atoms with Crippen LogP contribution < -0.4 is 5.73 Å². The van der Waals surface area contributed by atoms with E-state index in [0.717, 1.165) is 11.7 Å². The Labute approximate surface area is 131 Å². The molecule has 2 aromatic rings. The maximum absolute atomic E-state index is 6.00. The van der Waals surface area contributed by atoms with Gasteiger partial charge in [0, 0.05) is 24.7 Å². The van der Waals surface area contributed by atoms with Crippen molar-refractivity contribution in [2.45, 2.75) is 35.6 Å². The van der Waals surface area contributed by atoms with E-state index in [-0.39, 0.29) is 0 Å². The number of rotatable bonds is 4. The molecule has 2 N–H and O–H groups in total. The van der Waals surface area contributed by atoms with Gasteiger partial charge < -0.3 is 10.3 Å². The number of aryl methyl sites for hydroxylation is 1. The smallest absolute Gasteiger partial charge is 0.167 e. The van der Waals surface area contributed by atoms with E-state index in [2.05, 4.69) is 46.9 Å². The van der Waals surface area contributed by atoms with E-state index in [0.29, 0.717) is 17.1 Å². The lowest BCUT2D eigenvalue weighted by Crippen LogP contribution is -2.32. The summed E-state index contributed by atoms with van der Waals surface area (Å²) in [5.74, 6) is 1.26. The highest BCUT2D eigenvalue weighted by atomic mass is 32.2. The Balaban J connectivity index is 1.74. The molecule has 1 heterocycles. The van der Waals surface area contributed by atoms with Gasteiger partial charge >= 0.3 is 0 Å². The molecule has 0 saturated heterocycles. The fraction of sp³-hybridized carbons (Fsp3) is 0.471. The van der Waals surface area contributed by atoms with Gasteiger partial charge in [-0.3, -0.25) is 0 Å². The molecule has 1 aliphatic rings. The van der Waals surface area contributed by atoms with Crippen LogP contribution in [0.3, 0.4) is 0 Å². The van der Waals surface area contributed by atoms with Crippen molar-refractivity contribution in [3.05, 3.63) is 48.3 Å². The van der Waals surface area contributed by atoms with E-state index in [4.69, 9.17) is 5.73 Å². The fourth-order valence-electron chi connectivity index (χ4n) is 3.23. The molecule has 1 fully saturated rings. The molecule has 0 aliphatic heterocycles. The number of hydrogen-bond acceptors (Lipinski definition) is 3. The third-order valence-corrected chi connectivity index (χ3v) is 6.02. The predicted octanol–water partition coefficient (Wildman–Crippen LogP) is 3.42. The Kier molecular flexibility index (Phi) is 4.66. The molecule has 3 nitrogen and oxygen atoms in total. The number of benzene rings is 1. The van der Waals surface area contributed by atoms with Gasteiger partial charge in [-0.15, -0.1) is 0 Å². The van der Waals surface area contributed by atoms with Crippen molar-refractivity contribution in [1.29, 1.82) is 0 Å². The summed E-state index contributed by atoms with van der Waals surface area (Å²) in [4.78, 5) is 4.46. The largest absolute Gasteiger partial charge is 0.330 e. The van der Waals surface area contributed by atoms with E-state index < -0.39 is 0 Å². The van der Waals surface area contributed by atoms with E-state index in [1.165, 1.54) is 24.8 Å². The first-order valence-corrected chi connectivity index (χ1v) is 8.55. The van der Waals surface area contributed by atoms with Gasteiger partial charge in [0.2, 0.25) is 0 Å². The second kappa shape index (κ2) is 6.67. The van der Waals surface area contributed by atoms with Crippen LogP contribution in [-0.4, -0.2) is 21.3 Å². The van der Waals surface area contributed by atoms with Crippen LogP contribution in [0.5, 0.6) is 0 Å². The minimum absolute atomic E-state index is 0.565. The average molecular weight is 301 g/mol. The van der Waals surface area contributed by atoms with Gasteiger partial charge in [0.05, 0.1) is 0 Å².